The van der Waals surface area contributed by atoms with Gasteiger partial charge in [-0.15, -0.1) is 11.3 Å². The van der Waals surface area contributed by atoms with E-state index < -0.39 is 6.04 Å². The lowest BCUT2D eigenvalue weighted by Crippen LogP contribution is -2.35. The monoisotopic (exact) mass is 405 g/mol. The summed E-state index contributed by atoms with van der Waals surface area (Å²) in [6.07, 6.45) is 0.469. The van der Waals surface area contributed by atoms with Gasteiger partial charge >= 0.3 is 0 Å². The van der Waals surface area contributed by atoms with Crippen LogP contribution in [0.1, 0.15) is 36.2 Å². The van der Waals surface area contributed by atoms with Crippen LogP contribution in [0.4, 0.5) is 5.69 Å². The van der Waals surface area contributed by atoms with Crippen LogP contribution in [0.2, 0.25) is 0 Å². The van der Waals surface area contributed by atoms with Crippen molar-refractivity contribution in [2.24, 2.45) is 0 Å². The number of thiophene rings is 1. The molecule has 0 unspecified atom stereocenters. The molecule has 29 heavy (non-hydrogen) atoms. The first-order valence-corrected chi connectivity index (χ1v) is 10.5. The van der Waals surface area contributed by atoms with Crippen LogP contribution in [0, 0.1) is 20.8 Å². The van der Waals surface area contributed by atoms with Gasteiger partial charge < -0.3 is 5.32 Å². The minimum absolute atomic E-state index is 0.217. The Morgan fingerprint density at radius 1 is 1.14 bits per heavy atom. The van der Waals surface area contributed by atoms with Crippen molar-refractivity contribution in [3.05, 3.63) is 69.6 Å². The number of anilines is 1. The summed E-state index contributed by atoms with van der Waals surface area (Å²) in [6.45, 7) is 7.77. The molecule has 0 saturated carbocycles. The van der Waals surface area contributed by atoms with Gasteiger partial charge in [-0.1, -0.05) is 37.3 Å². The highest BCUT2D eigenvalue weighted by molar-refractivity contribution is 7.26. The van der Waals surface area contributed by atoms with E-state index in [1.807, 2.05) is 70.2 Å². The van der Waals surface area contributed by atoms with Gasteiger partial charge in [0.1, 0.15) is 6.04 Å². The Hall–Kier alpha value is -2.99. The molecule has 5 nitrogen and oxygen atoms in total. The van der Waals surface area contributed by atoms with Crippen molar-refractivity contribution in [2.75, 3.05) is 5.32 Å². The van der Waals surface area contributed by atoms with Gasteiger partial charge in [0.2, 0.25) is 5.91 Å². The number of fused-ring (bicyclic) bond motifs is 3. The summed E-state index contributed by atoms with van der Waals surface area (Å²) in [6, 6.07) is 13.0. The van der Waals surface area contributed by atoms with E-state index in [0.717, 1.165) is 37.3 Å². The Labute approximate surface area is 173 Å². The second-order valence-electron chi connectivity index (χ2n) is 7.30. The molecule has 148 valence electrons. The lowest BCUT2D eigenvalue weighted by molar-refractivity contribution is -0.119. The number of aromatic nitrogens is 2. The van der Waals surface area contributed by atoms with Gasteiger partial charge in [-0.3, -0.25) is 9.59 Å². The molecule has 0 aliphatic carbocycles. The predicted octanol–water partition coefficient (Wildman–Crippen LogP) is 5.13. The molecule has 2 heterocycles. The molecule has 0 bridgehead atoms. The lowest BCUT2D eigenvalue weighted by atomic mass is 10.1. The van der Waals surface area contributed by atoms with Crippen LogP contribution in [0.15, 0.2) is 47.3 Å². The summed E-state index contributed by atoms with van der Waals surface area (Å²) in [4.78, 5) is 26.5. The fourth-order valence-electron chi connectivity index (χ4n) is 3.66. The van der Waals surface area contributed by atoms with E-state index in [1.54, 1.807) is 11.3 Å². The topological polar surface area (TPSA) is 64.0 Å². The van der Waals surface area contributed by atoms with Crippen molar-refractivity contribution >= 4 is 43.1 Å². The number of carbonyl (C=O) groups excluding carboxylic acids is 1. The zero-order valence-corrected chi connectivity index (χ0v) is 17.8. The van der Waals surface area contributed by atoms with Gasteiger partial charge in [0, 0.05) is 15.8 Å². The maximum absolute atomic E-state index is 13.4. The molecule has 1 N–H and O–H groups in total. The van der Waals surface area contributed by atoms with Crippen LogP contribution < -0.4 is 10.9 Å². The molecule has 0 radical (unpaired) electrons. The third-order valence-electron chi connectivity index (χ3n) is 5.45. The maximum atomic E-state index is 13.4. The first-order chi connectivity index (χ1) is 13.9. The fraction of sp³-hybridized carbons (Fsp3) is 0.261. The highest BCUT2D eigenvalue weighted by Crippen LogP contribution is 2.33. The fourth-order valence-corrected chi connectivity index (χ4v) is 4.80. The van der Waals surface area contributed by atoms with Crippen molar-refractivity contribution < 1.29 is 4.79 Å². The second-order valence-corrected chi connectivity index (χ2v) is 8.35. The predicted molar refractivity (Wildman–Crippen MR) is 120 cm³/mol. The van der Waals surface area contributed by atoms with E-state index in [-0.39, 0.29) is 11.5 Å². The Morgan fingerprint density at radius 3 is 2.66 bits per heavy atom. The van der Waals surface area contributed by atoms with Gasteiger partial charge in [0.25, 0.3) is 5.56 Å². The zero-order valence-electron chi connectivity index (χ0n) is 16.9. The van der Waals surface area contributed by atoms with E-state index in [1.165, 1.54) is 4.68 Å². The van der Waals surface area contributed by atoms with Crippen LogP contribution in [0.5, 0.6) is 0 Å². The third-order valence-corrected chi connectivity index (χ3v) is 6.73. The summed E-state index contributed by atoms with van der Waals surface area (Å²) in [7, 11) is 0. The largest absolute Gasteiger partial charge is 0.324 e. The quantitative estimate of drug-likeness (QED) is 0.512. The standard InChI is InChI=1S/C23H23N3O2S/c1-5-18(22(27)24-17-11-8-9-13(2)14(17)3)26-23(28)20-16-10-6-7-12-19(16)29-21(20)15(4)25-26/h6-12,18H,5H2,1-4H3,(H,24,27)/t18-/m0/s1. The van der Waals surface area contributed by atoms with Gasteiger partial charge in [-0.25, -0.2) is 4.68 Å². The zero-order chi connectivity index (χ0) is 20.7. The third kappa shape index (κ3) is 3.23. The minimum atomic E-state index is -0.677. The highest BCUT2D eigenvalue weighted by atomic mass is 32.1. The molecular weight excluding hydrogens is 382 g/mol. The van der Waals surface area contributed by atoms with Gasteiger partial charge in [0.15, 0.2) is 0 Å². The number of amides is 1. The smallest absolute Gasteiger partial charge is 0.276 e. The molecule has 2 aromatic carbocycles. The first kappa shape index (κ1) is 19.3. The van der Waals surface area contributed by atoms with Gasteiger partial charge in [0.05, 0.1) is 15.8 Å². The van der Waals surface area contributed by atoms with Crippen LogP contribution in [-0.2, 0) is 4.79 Å². The van der Waals surface area contributed by atoms with Crippen LogP contribution in [-0.4, -0.2) is 15.7 Å². The van der Waals surface area contributed by atoms with Gasteiger partial charge in [-0.05, 0) is 50.5 Å². The molecule has 0 fully saturated rings. The number of nitrogens with one attached hydrogen (secondary N) is 1. The number of hydrogen-bond donors (Lipinski definition) is 1. The summed E-state index contributed by atoms with van der Waals surface area (Å²) in [5.41, 5.74) is 3.43. The molecule has 2 aromatic heterocycles. The Kier molecular flexibility index (Phi) is 4.96. The maximum Gasteiger partial charge on any atom is 0.276 e. The normalized spacial score (nSPS) is 12.4. The number of aryl methyl sites for hydroxylation is 2. The summed E-state index contributed by atoms with van der Waals surface area (Å²) >= 11 is 1.57. The number of carbonyl (C=O) groups is 1. The van der Waals surface area contributed by atoms with Crippen molar-refractivity contribution in [3.8, 4) is 0 Å². The van der Waals surface area contributed by atoms with Crippen LogP contribution >= 0.6 is 11.3 Å². The van der Waals surface area contributed by atoms with Crippen molar-refractivity contribution in [1.82, 2.24) is 9.78 Å². The van der Waals surface area contributed by atoms with E-state index in [0.29, 0.717) is 11.8 Å². The molecule has 4 rings (SSSR count). The summed E-state index contributed by atoms with van der Waals surface area (Å²) in [5.74, 6) is -0.228. The molecule has 0 saturated heterocycles. The molecule has 0 aliphatic heterocycles. The second kappa shape index (κ2) is 7.44. The van der Waals surface area contributed by atoms with E-state index in [4.69, 9.17) is 0 Å². The Morgan fingerprint density at radius 2 is 1.90 bits per heavy atom. The average Bonchev–Trinajstić information content (AvgIpc) is 3.10. The first-order valence-electron chi connectivity index (χ1n) is 9.70. The summed E-state index contributed by atoms with van der Waals surface area (Å²) < 4.78 is 3.30. The molecule has 0 spiro atoms. The molecular formula is C23H23N3O2S. The summed E-state index contributed by atoms with van der Waals surface area (Å²) in [5, 5.41) is 9.08. The molecule has 0 aliphatic rings. The number of rotatable bonds is 4. The molecule has 1 amide bonds. The molecule has 4 aromatic rings. The van der Waals surface area contributed by atoms with Crippen LogP contribution in [0.25, 0.3) is 20.2 Å². The molecule has 6 heteroatoms. The van der Waals surface area contributed by atoms with E-state index >= 15 is 0 Å². The molecule has 1 atom stereocenters. The van der Waals surface area contributed by atoms with Gasteiger partial charge in [-0.2, -0.15) is 5.10 Å². The van der Waals surface area contributed by atoms with E-state index in [9.17, 15) is 9.59 Å². The Balaban J connectivity index is 1.82. The van der Waals surface area contributed by atoms with E-state index in [2.05, 4.69) is 10.4 Å². The average molecular weight is 406 g/mol. The lowest BCUT2D eigenvalue weighted by Gasteiger charge is -2.19. The number of hydrogen-bond acceptors (Lipinski definition) is 4. The Bertz CT molecular complexity index is 1300. The minimum Gasteiger partial charge on any atom is -0.324 e. The number of nitrogens with zero attached hydrogens (tertiary/aromatic N) is 2. The van der Waals surface area contributed by atoms with Crippen molar-refractivity contribution in [3.63, 3.8) is 0 Å². The van der Waals surface area contributed by atoms with Crippen LogP contribution in [0.3, 0.4) is 0 Å². The van der Waals surface area contributed by atoms with Crippen molar-refractivity contribution in [1.29, 1.82) is 0 Å². The number of benzene rings is 2. The van der Waals surface area contributed by atoms with Crippen molar-refractivity contribution in [2.45, 2.75) is 40.2 Å². The highest BCUT2D eigenvalue weighted by Gasteiger charge is 2.24. The SMILES string of the molecule is CC[C@@H](C(=O)Nc1cccc(C)c1C)n1nc(C)c2sc3ccccc3c2c1=O.